The van der Waals surface area contributed by atoms with Gasteiger partial charge in [-0.2, -0.15) is 0 Å². The molecular weight excluding hydrogens is 296 g/mol. The van der Waals surface area contributed by atoms with Crippen molar-refractivity contribution in [2.24, 2.45) is 0 Å². The van der Waals surface area contributed by atoms with E-state index < -0.39 is 0 Å². The second kappa shape index (κ2) is 6.96. The van der Waals surface area contributed by atoms with Gasteiger partial charge in [0.25, 0.3) is 0 Å². The summed E-state index contributed by atoms with van der Waals surface area (Å²) in [6.07, 6.45) is 3.10. The molecule has 0 fully saturated rings. The maximum atomic E-state index is 11.5. The van der Waals surface area contributed by atoms with Crippen LogP contribution in [0.4, 0.5) is 0 Å². The number of benzene rings is 1. The van der Waals surface area contributed by atoms with Gasteiger partial charge in [-0.05, 0) is 17.7 Å². The Morgan fingerprint density at radius 1 is 1.33 bits per heavy atom. The molecule has 0 aliphatic rings. The topological polar surface area (TPSA) is 49.4 Å². The highest BCUT2D eigenvalue weighted by Crippen LogP contribution is 2.16. The lowest BCUT2D eigenvalue weighted by molar-refractivity contribution is -0.129. The van der Waals surface area contributed by atoms with Gasteiger partial charge in [0.05, 0.1) is 6.54 Å². The second-order valence-electron chi connectivity index (χ2n) is 3.86. The summed E-state index contributed by atoms with van der Waals surface area (Å²) in [5, 5.41) is 2.52. The molecule has 0 aromatic heterocycles. The molecule has 1 rings (SSSR count). The van der Waals surface area contributed by atoms with E-state index in [1.807, 2.05) is 24.3 Å². The lowest BCUT2D eigenvalue weighted by atomic mass is 10.2. The molecule has 4 nitrogen and oxygen atoms in total. The van der Waals surface area contributed by atoms with Crippen LogP contribution in [0.2, 0.25) is 0 Å². The number of nitrogens with one attached hydrogen (secondary N) is 1. The van der Waals surface area contributed by atoms with Crippen LogP contribution in [0.3, 0.4) is 0 Å². The van der Waals surface area contributed by atoms with Gasteiger partial charge in [-0.25, -0.2) is 0 Å². The van der Waals surface area contributed by atoms with Crippen LogP contribution in [-0.4, -0.2) is 37.4 Å². The fourth-order valence-corrected chi connectivity index (χ4v) is 1.57. The van der Waals surface area contributed by atoms with E-state index in [9.17, 15) is 9.59 Å². The molecule has 18 heavy (non-hydrogen) atoms. The molecule has 1 aromatic rings. The molecule has 1 N–H and O–H groups in total. The summed E-state index contributed by atoms with van der Waals surface area (Å²) in [5.41, 5.74) is 0.909. The normalized spacial score (nSPS) is 10.4. The number of hydrogen-bond donors (Lipinski definition) is 1. The summed E-state index contributed by atoms with van der Waals surface area (Å²) >= 11 is 3.38. The number of carbonyl (C=O) groups is 2. The van der Waals surface area contributed by atoms with E-state index in [0.29, 0.717) is 0 Å². The maximum absolute atomic E-state index is 11.5. The number of carbonyl (C=O) groups excluding carboxylic acids is 2. The minimum absolute atomic E-state index is 0.00608. The average molecular weight is 311 g/mol. The zero-order chi connectivity index (χ0) is 13.5. The van der Waals surface area contributed by atoms with Crippen molar-refractivity contribution in [1.29, 1.82) is 0 Å². The standard InChI is InChI=1S/C13H15BrN2O2/c1-16(2)13(18)9-15-12(17)8-7-10-5-3-4-6-11(10)14/h3-8H,9H2,1-2H3,(H,15,17)/b8-7+. The van der Waals surface area contributed by atoms with Crippen LogP contribution in [0.1, 0.15) is 5.56 Å². The molecule has 0 radical (unpaired) electrons. The molecule has 0 aliphatic heterocycles. The van der Waals surface area contributed by atoms with Gasteiger partial charge in [-0.3, -0.25) is 9.59 Å². The first-order valence-electron chi connectivity index (χ1n) is 5.41. The monoisotopic (exact) mass is 310 g/mol. The van der Waals surface area contributed by atoms with Crippen LogP contribution in [0.5, 0.6) is 0 Å². The van der Waals surface area contributed by atoms with Crippen LogP contribution in [0.15, 0.2) is 34.8 Å². The zero-order valence-electron chi connectivity index (χ0n) is 10.3. The van der Waals surface area contributed by atoms with E-state index in [4.69, 9.17) is 0 Å². The highest BCUT2D eigenvalue weighted by Gasteiger charge is 2.04. The zero-order valence-corrected chi connectivity index (χ0v) is 11.9. The molecule has 0 saturated carbocycles. The minimum Gasteiger partial charge on any atom is -0.347 e. The van der Waals surface area contributed by atoms with Crippen molar-refractivity contribution in [3.05, 3.63) is 40.4 Å². The van der Waals surface area contributed by atoms with Gasteiger partial charge in [0, 0.05) is 24.6 Å². The van der Waals surface area contributed by atoms with Crippen molar-refractivity contribution in [1.82, 2.24) is 10.2 Å². The van der Waals surface area contributed by atoms with E-state index in [1.165, 1.54) is 11.0 Å². The lowest BCUT2D eigenvalue weighted by Gasteiger charge is -2.09. The number of halogens is 1. The Hall–Kier alpha value is -1.62. The molecular formula is C13H15BrN2O2. The first-order chi connectivity index (χ1) is 8.50. The second-order valence-corrected chi connectivity index (χ2v) is 4.72. The third kappa shape index (κ3) is 4.71. The number of likely N-dealkylation sites (N-methyl/N-ethyl adjacent to an activating group) is 1. The van der Waals surface area contributed by atoms with Crippen LogP contribution in [0, 0.1) is 0 Å². The van der Waals surface area contributed by atoms with E-state index in [0.717, 1.165) is 10.0 Å². The Kier molecular flexibility index (Phi) is 5.58. The maximum Gasteiger partial charge on any atom is 0.244 e. The molecule has 0 saturated heterocycles. The van der Waals surface area contributed by atoms with Gasteiger partial charge in [0.15, 0.2) is 0 Å². The van der Waals surface area contributed by atoms with Crippen molar-refractivity contribution < 1.29 is 9.59 Å². The fourth-order valence-electron chi connectivity index (χ4n) is 1.16. The third-order valence-electron chi connectivity index (χ3n) is 2.23. The van der Waals surface area contributed by atoms with Crippen LogP contribution in [-0.2, 0) is 9.59 Å². The largest absolute Gasteiger partial charge is 0.347 e. The minimum atomic E-state index is -0.291. The summed E-state index contributed by atoms with van der Waals surface area (Å²) in [5.74, 6) is -0.432. The number of nitrogens with zero attached hydrogens (tertiary/aromatic N) is 1. The highest BCUT2D eigenvalue weighted by molar-refractivity contribution is 9.10. The van der Waals surface area contributed by atoms with Crippen molar-refractivity contribution in [3.8, 4) is 0 Å². The van der Waals surface area contributed by atoms with Crippen LogP contribution < -0.4 is 5.32 Å². The van der Waals surface area contributed by atoms with Gasteiger partial charge >= 0.3 is 0 Å². The molecule has 0 atom stereocenters. The fraction of sp³-hybridized carbons (Fsp3) is 0.231. The molecule has 0 unspecified atom stereocenters. The van der Waals surface area contributed by atoms with Gasteiger partial charge < -0.3 is 10.2 Å². The average Bonchev–Trinajstić information content (AvgIpc) is 2.34. The predicted octanol–water partition coefficient (Wildman–Crippen LogP) is 1.67. The van der Waals surface area contributed by atoms with E-state index in [1.54, 1.807) is 20.2 Å². The summed E-state index contributed by atoms with van der Waals surface area (Å²) in [6.45, 7) is 0.00608. The van der Waals surface area contributed by atoms with E-state index in [-0.39, 0.29) is 18.4 Å². The molecule has 0 aliphatic carbocycles. The smallest absolute Gasteiger partial charge is 0.244 e. The summed E-state index contributed by atoms with van der Waals surface area (Å²) < 4.78 is 0.915. The third-order valence-corrected chi connectivity index (χ3v) is 2.95. The molecule has 2 amide bonds. The number of rotatable bonds is 4. The Labute approximate surface area is 115 Å². The first kappa shape index (κ1) is 14.4. The van der Waals surface area contributed by atoms with Gasteiger partial charge in [0.1, 0.15) is 0 Å². The SMILES string of the molecule is CN(C)C(=O)CNC(=O)/C=C/c1ccccc1Br. The summed E-state index contributed by atoms with van der Waals surface area (Å²) in [6, 6.07) is 7.57. The van der Waals surface area contributed by atoms with Crippen molar-refractivity contribution in [3.63, 3.8) is 0 Å². The molecule has 96 valence electrons. The van der Waals surface area contributed by atoms with Crippen molar-refractivity contribution >= 4 is 33.8 Å². The molecule has 0 bridgehead atoms. The van der Waals surface area contributed by atoms with Gasteiger partial charge in [-0.1, -0.05) is 34.1 Å². The summed E-state index contributed by atoms with van der Waals surface area (Å²) in [7, 11) is 3.29. The van der Waals surface area contributed by atoms with Crippen molar-refractivity contribution in [2.45, 2.75) is 0 Å². The molecule has 0 spiro atoms. The quantitative estimate of drug-likeness (QED) is 0.860. The predicted molar refractivity (Wildman–Crippen MR) is 74.9 cm³/mol. The Balaban J connectivity index is 2.50. The van der Waals surface area contributed by atoms with Gasteiger partial charge in [-0.15, -0.1) is 0 Å². The first-order valence-corrected chi connectivity index (χ1v) is 6.20. The highest BCUT2D eigenvalue weighted by atomic mass is 79.9. The Morgan fingerprint density at radius 2 is 2.00 bits per heavy atom. The lowest BCUT2D eigenvalue weighted by Crippen LogP contribution is -2.35. The molecule has 0 heterocycles. The summed E-state index contributed by atoms with van der Waals surface area (Å²) in [4.78, 5) is 24.2. The molecule has 5 heteroatoms. The van der Waals surface area contributed by atoms with E-state index >= 15 is 0 Å². The number of amides is 2. The molecule has 1 aromatic carbocycles. The van der Waals surface area contributed by atoms with Gasteiger partial charge in [0.2, 0.25) is 11.8 Å². The Bertz CT molecular complexity index is 470. The van der Waals surface area contributed by atoms with Crippen LogP contribution >= 0.6 is 15.9 Å². The van der Waals surface area contributed by atoms with Crippen LogP contribution in [0.25, 0.3) is 6.08 Å². The van der Waals surface area contributed by atoms with E-state index in [2.05, 4.69) is 21.2 Å². The van der Waals surface area contributed by atoms with Crippen molar-refractivity contribution in [2.75, 3.05) is 20.6 Å². The number of hydrogen-bond acceptors (Lipinski definition) is 2. The Morgan fingerprint density at radius 3 is 2.61 bits per heavy atom.